The Morgan fingerprint density at radius 2 is 2.28 bits per heavy atom. The lowest BCUT2D eigenvalue weighted by molar-refractivity contribution is -0.0634. The first-order valence-corrected chi connectivity index (χ1v) is 7.82. The van der Waals surface area contributed by atoms with Gasteiger partial charge in [-0.2, -0.15) is 11.3 Å². The molecule has 2 nitrogen and oxygen atoms in total. The van der Waals surface area contributed by atoms with Crippen LogP contribution in [0.4, 0.5) is 0 Å². The first-order chi connectivity index (χ1) is 8.50. The molecule has 1 aromatic heterocycles. The lowest BCUT2D eigenvalue weighted by Crippen LogP contribution is -2.34. The maximum absolute atomic E-state index is 6.27. The molecular formula is C15H25NOS. The third-order valence-electron chi connectivity index (χ3n) is 3.83. The zero-order chi connectivity index (χ0) is 13.2. The number of ether oxygens (including phenoxy) is 1. The molecule has 102 valence electrons. The molecule has 1 fully saturated rings. The fraction of sp³-hybridized carbons (Fsp3) is 0.733. The SMILES string of the molecule is CC1CC(OC(CN)c2ccsc2)CC(C)(C)C1. The van der Waals surface area contributed by atoms with Gasteiger partial charge in [-0.3, -0.25) is 0 Å². The summed E-state index contributed by atoms with van der Waals surface area (Å²) in [7, 11) is 0. The lowest BCUT2D eigenvalue weighted by atomic mass is 9.71. The van der Waals surface area contributed by atoms with Gasteiger partial charge in [-0.1, -0.05) is 20.8 Å². The van der Waals surface area contributed by atoms with E-state index in [0.717, 1.165) is 12.3 Å². The Kier molecular flexibility index (Phi) is 4.46. The molecule has 0 aliphatic heterocycles. The Morgan fingerprint density at radius 1 is 1.50 bits per heavy atom. The van der Waals surface area contributed by atoms with Crippen LogP contribution in [-0.4, -0.2) is 12.6 Å². The van der Waals surface area contributed by atoms with E-state index in [2.05, 4.69) is 37.6 Å². The van der Waals surface area contributed by atoms with E-state index in [1.54, 1.807) is 11.3 Å². The highest BCUT2D eigenvalue weighted by Gasteiger charge is 2.33. The molecule has 1 heterocycles. The number of hydrogen-bond donors (Lipinski definition) is 1. The third kappa shape index (κ3) is 3.56. The van der Waals surface area contributed by atoms with Crippen LogP contribution in [-0.2, 0) is 4.74 Å². The molecule has 2 rings (SSSR count). The van der Waals surface area contributed by atoms with Crippen LogP contribution in [0.5, 0.6) is 0 Å². The molecule has 0 saturated heterocycles. The lowest BCUT2D eigenvalue weighted by Gasteiger charge is -2.40. The van der Waals surface area contributed by atoms with E-state index in [4.69, 9.17) is 10.5 Å². The summed E-state index contributed by atoms with van der Waals surface area (Å²) >= 11 is 1.71. The van der Waals surface area contributed by atoms with Crippen LogP contribution in [0.1, 0.15) is 51.7 Å². The topological polar surface area (TPSA) is 35.2 Å². The van der Waals surface area contributed by atoms with Crippen molar-refractivity contribution in [3.8, 4) is 0 Å². The molecule has 3 unspecified atom stereocenters. The van der Waals surface area contributed by atoms with Gasteiger partial charge in [0.05, 0.1) is 12.2 Å². The highest BCUT2D eigenvalue weighted by molar-refractivity contribution is 7.07. The van der Waals surface area contributed by atoms with Crippen molar-refractivity contribution in [3.05, 3.63) is 22.4 Å². The van der Waals surface area contributed by atoms with Gasteiger partial charge in [0.2, 0.25) is 0 Å². The number of rotatable bonds is 4. The van der Waals surface area contributed by atoms with Crippen LogP contribution < -0.4 is 5.73 Å². The van der Waals surface area contributed by atoms with Crippen molar-refractivity contribution in [2.45, 2.75) is 52.2 Å². The molecule has 0 radical (unpaired) electrons. The second-order valence-electron chi connectivity index (χ2n) is 6.45. The third-order valence-corrected chi connectivity index (χ3v) is 4.53. The van der Waals surface area contributed by atoms with E-state index in [1.165, 1.54) is 18.4 Å². The van der Waals surface area contributed by atoms with Crippen LogP contribution in [0, 0.1) is 11.3 Å². The standard InChI is InChI=1S/C15H25NOS/c1-11-6-13(8-15(2,3)7-11)17-14(9-16)12-4-5-18-10-12/h4-5,10-11,13-14H,6-9,16H2,1-3H3. The highest BCUT2D eigenvalue weighted by atomic mass is 32.1. The Bertz CT molecular complexity index is 361. The normalized spacial score (nSPS) is 29.1. The summed E-state index contributed by atoms with van der Waals surface area (Å²) in [4.78, 5) is 0. The summed E-state index contributed by atoms with van der Waals surface area (Å²) in [5.41, 5.74) is 7.50. The van der Waals surface area contributed by atoms with Crippen molar-refractivity contribution in [3.63, 3.8) is 0 Å². The molecule has 2 N–H and O–H groups in total. The minimum atomic E-state index is 0.0716. The predicted molar refractivity (Wildman–Crippen MR) is 77.8 cm³/mol. The van der Waals surface area contributed by atoms with Crippen molar-refractivity contribution in [2.24, 2.45) is 17.1 Å². The average Bonchev–Trinajstić information content (AvgIpc) is 2.76. The Balaban J connectivity index is 1.99. The summed E-state index contributed by atoms with van der Waals surface area (Å²) in [6.07, 6.45) is 4.06. The van der Waals surface area contributed by atoms with Gasteiger partial charge >= 0.3 is 0 Å². The monoisotopic (exact) mass is 267 g/mol. The summed E-state index contributed by atoms with van der Waals surface area (Å²) in [5, 5.41) is 4.24. The van der Waals surface area contributed by atoms with Crippen LogP contribution >= 0.6 is 11.3 Å². The molecule has 3 atom stereocenters. The van der Waals surface area contributed by atoms with Gasteiger partial charge in [-0.15, -0.1) is 0 Å². The molecular weight excluding hydrogens is 242 g/mol. The van der Waals surface area contributed by atoms with Gasteiger partial charge in [-0.05, 0) is 53.0 Å². The van der Waals surface area contributed by atoms with Crippen LogP contribution in [0.15, 0.2) is 16.8 Å². The molecule has 18 heavy (non-hydrogen) atoms. The fourth-order valence-electron chi connectivity index (χ4n) is 3.32. The van der Waals surface area contributed by atoms with Crippen molar-refractivity contribution < 1.29 is 4.74 Å². The van der Waals surface area contributed by atoms with Crippen LogP contribution in [0.2, 0.25) is 0 Å². The van der Waals surface area contributed by atoms with E-state index >= 15 is 0 Å². The Labute approximate surface area is 115 Å². The van der Waals surface area contributed by atoms with E-state index in [1.807, 2.05) is 0 Å². The van der Waals surface area contributed by atoms with Crippen molar-refractivity contribution in [1.29, 1.82) is 0 Å². The molecule has 0 spiro atoms. The molecule has 1 aliphatic rings. The Hall–Kier alpha value is -0.380. The molecule has 1 aromatic rings. The van der Waals surface area contributed by atoms with Gasteiger partial charge in [0, 0.05) is 6.54 Å². The predicted octanol–water partition coefficient (Wildman–Crippen LogP) is 3.98. The fourth-order valence-corrected chi connectivity index (χ4v) is 4.02. The summed E-state index contributed by atoms with van der Waals surface area (Å²) in [6, 6.07) is 2.12. The van der Waals surface area contributed by atoms with E-state index < -0.39 is 0 Å². The minimum Gasteiger partial charge on any atom is -0.369 e. The van der Waals surface area contributed by atoms with Gasteiger partial charge in [0.25, 0.3) is 0 Å². The van der Waals surface area contributed by atoms with Gasteiger partial charge < -0.3 is 10.5 Å². The molecule has 1 saturated carbocycles. The minimum absolute atomic E-state index is 0.0716. The van der Waals surface area contributed by atoms with Crippen molar-refractivity contribution in [1.82, 2.24) is 0 Å². The molecule has 0 aromatic carbocycles. The quantitative estimate of drug-likeness (QED) is 0.895. The number of thiophene rings is 1. The second-order valence-corrected chi connectivity index (χ2v) is 7.23. The van der Waals surface area contributed by atoms with Gasteiger partial charge in [-0.25, -0.2) is 0 Å². The van der Waals surface area contributed by atoms with Crippen LogP contribution in [0.3, 0.4) is 0 Å². The van der Waals surface area contributed by atoms with Crippen molar-refractivity contribution >= 4 is 11.3 Å². The first kappa shape index (κ1) is 14.0. The molecule has 3 heteroatoms. The smallest absolute Gasteiger partial charge is 0.0958 e. The first-order valence-electron chi connectivity index (χ1n) is 6.88. The zero-order valence-electron chi connectivity index (χ0n) is 11.7. The van der Waals surface area contributed by atoms with Crippen molar-refractivity contribution in [2.75, 3.05) is 6.54 Å². The van der Waals surface area contributed by atoms with E-state index in [9.17, 15) is 0 Å². The maximum atomic E-state index is 6.27. The number of hydrogen-bond acceptors (Lipinski definition) is 3. The average molecular weight is 267 g/mol. The van der Waals surface area contributed by atoms with E-state index in [0.29, 0.717) is 18.1 Å². The summed E-state index contributed by atoms with van der Waals surface area (Å²) in [6.45, 7) is 7.60. The van der Waals surface area contributed by atoms with Gasteiger partial charge in [0.1, 0.15) is 0 Å². The molecule has 0 amide bonds. The summed E-state index contributed by atoms with van der Waals surface area (Å²) < 4.78 is 6.27. The van der Waals surface area contributed by atoms with E-state index in [-0.39, 0.29) is 6.10 Å². The molecule has 1 aliphatic carbocycles. The largest absolute Gasteiger partial charge is 0.369 e. The zero-order valence-corrected chi connectivity index (χ0v) is 12.5. The van der Waals surface area contributed by atoms with Crippen LogP contribution in [0.25, 0.3) is 0 Å². The molecule has 0 bridgehead atoms. The number of nitrogens with two attached hydrogens (primary N) is 1. The highest BCUT2D eigenvalue weighted by Crippen LogP contribution is 2.41. The maximum Gasteiger partial charge on any atom is 0.0958 e. The Morgan fingerprint density at radius 3 is 2.83 bits per heavy atom. The van der Waals surface area contributed by atoms with Gasteiger partial charge in [0.15, 0.2) is 0 Å². The second kappa shape index (κ2) is 5.72. The summed E-state index contributed by atoms with van der Waals surface area (Å²) in [5.74, 6) is 0.750.